The third-order valence-corrected chi connectivity index (χ3v) is 3.87. The summed E-state index contributed by atoms with van der Waals surface area (Å²) in [5, 5.41) is 11.4. The van der Waals surface area contributed by atoms with Gasteiger partial charge < -0.3 is 10.2 Å². The molecule has 1 saturated heterocycles. The first-order valence-electron chi connectivity index (χ1n) is 7.37. The van der Waals surface area contributed by atoms with E-state index in [0.717, 1.165) is 4.90 Å². The maximum atomic E-state index is 13.3. The van der Waals surface area contributed by atoms with Crippen molar-refractivity contribution in [2.45, 2.75) is 38.0 Å². The standard InChI is InChI=1S/C16H16F3N3O2/c1-10(23)21-13-5-6-14(16(17,18)19)22(9-13)15(24)12-4-2-3-11(7-12)8-20/h2-4,7,13-14H,5-6,9H2,1H3,(H,21,23). The molecule has 0 saturated carbocycles. The van der Waals surface area contributed by atoms with Gasteiger partial charge in [0.1, 0.15) is 6.04 Å². The summed E-state index contributed by atoms with van der Waals surface area (Å²) in [6.45, 7) is 1.05. The number of carbonyl (C=O) groups excluding carboxylic acids is 2. The molecular weight excluding hydrogens is 323 g/mol. The predicted octanol–water partition coefficient (Wildman–Crippen LogP) is 2.23. The monoisotopic (exact) mass is 339 g/mol. The number of hydrogen-bond donors (Lipinski definition) is 1. The van der Waals surface area contributed by atoms with E-state index in [1.54, 1.807) is 0 Å². The maximum absolute atomic E-state index is 13.3. The fraction of sp³-hybridized carbons (Fsp3) is 0.438. The first-order valence-corrected chi connectivity index (χ1v) is 7.37. The van der Waals surface area contributed by atoms with Crippen LogP contribution in [0.15, 0.2) is 24.3 Å². The molecule has 24 heavy (non-hydrogen) atoms. The van der Waals surface area contributed by atoms with E-state index in [1.807, 2.05) is 6.07 Å². The third kappa shape index (κ3) is 4.04. The van der Waals surface area contributed by atoms with E-state index in [2.05, 4.69) is 5.32 Å². The van der Waals surface area contributed by atoms with Crippen molar-refractivity contribution >= 4 is 11.8 Å². The van der Waals surface area contributed by atoms with Crippen molar-refractivity contribution in [1.29, 1.82) is 5.26 Å². The molecule has 0 aromatic heterocycles. The summed E-state index contributed by atoms with van der Waals surface area (Å²) in [5.41, 5.74) is 0.214. The zero-order valence-electron chi connectivity index (χ0n) is 12.9. The Balaban J connectivity index is 2.30. The molecule has 2 amide bonds. The van der Waals surface area contributed by atoms with Gasteiger partial charge in [0.15, 0.2) is 0 Å². The number of piperidine rings is 1. The summed E-state index contributed by atoms with van der Waals surface area (Å²) in [4.78, 5) is 24.4. The summed E-state index contributed by atoms with van der Waals surface area (Å²) in [7, 11) is 0. The number of rotatable bonds is 2. The van der Waals surface area contributed by atoms with Gasteiger partial charge in [0.25, 0.3) is 5.91 Å². The zero-order valence-corrected chi connectivity index (χ0v) is 12.9. The Hall–Kier alpha value is -2.56. The van der Waals surface area contributed by atoms with Crippen molar-refractivity contribution < 1.29 is 22.8 Å². The predicted molar refractivity (Wildman–Crippen MR) is 78.9 cm³/mol. The van der Waals surface area contributed by atoms with Crippen molar-refractivity contribution in [3.8, 4) is 6.07 Å². The minimum Gasteiger partial charge on any atom is -0.352 e. The highest BCUT2D eigenvalue weighted by Crippen LogP contribution is 2.33. The largest absolute Gasteiger partial charge is 0.408 e. The van der Waals surface area contributed by atoms with Gasteiger partial charge >= 0.3 is 6.18 Å². The van der Waals surface area contributed by atoms with E-state index in [0.29, 0.717) is 0 Å². The Kier molecular flexibility index (Phi) is 5.12. The molecule has 0 radical (unpaired) electrons. The van der Waals surface area contributed by atoms with E-state index >= 15 is 0 Å². The smallest absolute Gasteiger partial charge is 0.352 e. The fourth-order valence-electron chi connectivity index (χ4n) is 2.83. The van der Waals surface area contributed by atoms with Crippen LogP contribution in [0.3, 0.4) is 0 Å². The molecule has 1 N–H and O–H groups in total. The van der Waals surface area contributed by atoms with Crippen LogP contribution in [-0.2, 0) is 4.79 Å². The molecular formula is C16H16F3N3O2. The first-order chi connectivity index (χ1) is 11.2. The maximum Gasteiger partial charge on any atom is 0.408 e. The average molecular weight is 339 g/mol. The van der Waals surface area contributed by atoms with Crippen LogP contribution in [0.4, 0.5) is 13.2 Å². The van der Waals surface area contributed by atoms with E-state index in [4.69, 9.17) is 5.26 Å². The molecule has 5 nitrogen and oxygen atoms in total. The van der Waals surface area contributed by atoms with Gasteiger partial charge in [0.2, 0.25) is 5.91 Å². The van der Waals surface area contributed by atoms with Gasteiger partial charge in [-0.25, -0.2) is 0 Å². The lowest BCUT2D eigenvalue weighted by molar-refractivity contribution is -0.184. The first kappa shape index (κ1) is 17.8. The molecule has 0 bridgehead atoms. The Morgan fingerprint density at radius 1 is 1.33 bits per heavy atom. The molecule has 2 atom stereocenters. The molecule has 1 aromatic carbocycles. The van der Waals surface area contributed by atoms with Crippen LogP contribution >= 0.6 is 0 Å². The highest BCUT2D eigenvalue weighted by Gasteiger charge is 2.48. The molecule has 1 heterocycles. The number of nitriles is 1. The van der Waals surface area contributed by atoms with Gasteiger partial charge in [-0.2, -0.15) is 18.4 Å². The van der Waals surface area contributed by atoms with E-state index in [-0.39, 0.29) is 36.4 Å². The van der Waals surface area contributed by atoms with Crippen LogP contribution in [0.5, 0.6) is 0 Å². The number of nitrogens with zero attached hydrogens (tertiary/aromatic N) is 2. The second-order valence-corrected chi connectivity index (χ2v) is 5.68. The van der Waals surface area contributed by atoms with Gasteiger partial charge in [0, 0.05) is 25.1 Å². The van der Waals surface area contributed by atoms with Gasteiger partial charge in [0.05, 0.1) is 11.6 Å². The van der Waals surface area contributed by atoms with Crippen LogP contribution in [0.25, 0.3) is 0 Å². The number of nitrogens with one attached hydrogen (secondary N) is 1. The zero-order chi connectivity index (χ0) is 17.9. The molecule has 2 rings (SSSR count). The number of likely N-dealkylation sites (tertiary alicyclic amines) is 1. The van der Waals surface area contributed by atoms with Gasteiger partial charge in [-0.15, -0.1) is 0 Å². The summed E-state index contributed by atoms with van der Waals surface area (Å²) >= 11 is 0. The van der Waals surface area contributed by atoms with Crippen LogP contribution < -0.4 is 5.32 Å². The normalized spacial score (nSPS) is 21.0. The number of amides is 2. The van der Waals surface area contributed by atoms with Gasteiger partial charge in [-0.05, 0) is 31.0 Å². The van der Waals surface area contributed by atoms with Gasteiger partial charge in [-0.1, -0.05) is 6.07 Å². The van der Waals surface area contributed by atoms with Crippen molar-refractivity contribution in [2.24, 2.45) is 0 Å². The number of halogens is 3. The lowest BCUT2D eigenvalue weighted by atomic mass is 9.96. The lowest BCUT2D eigenvalue weighted by Gasteiger charge is -2.40. The van der Waals surface area contributed by atoms with Crippen molar-refractivity contribution in [2.75, 3.05) is 6.54 Å². The van der Waals surface area contributed by atoms with Crippen LogP contribution in [0, 0.1) is 11.3 Å². The number of hydrogen-bond acceptors (Lipinski definition) is 3. The quantitative estimate of drug-likeness (QED) is 0.898. The highest BCUT2D eigenvalue weighted by atomic mass is 19.4. The Labute approximate surface area is 137 Å². The molecule has 128 valence electrons. The molecule has 1 aromatic rings. The van der Waals surface area contributed by atoms with E-state index < -0.39 is 24.2 Å². The van der Waals surface area contributed by atoms with E-state index in [1.165, 1.54) is 31.2 Å². The molecule has 8 heteroatoms. The molecule has 2 unspecified atom stereocenters. The molecule has 1 aliphatic rings. The average Bonchev–Trinajstić information content (AvgIpc) is 2.52. The van der Waals surface area contributed by atoms with Crippen LogP contribution in [0.2, 0.25) is 0 Å². The summed E-state index contributed by atoms with van der Waals surface area (Å²) in [6.07, 6.45) is -4.69. The number of benzene rings is 1. The topological polar surface area (TPSA) is 73.2 Å². The third-order valence-electron chi connectivity index (χ3n) is 3.87. The molecule has 0 spiro atoms. The lowest BCUT2D eigenvalue weighted by Crippen LogP contribution is -2.58. The fourth-order valence-corrected chi connectivity index (χ4v) is 2.83. The molecule has 1 aliphatic heterocycles. The van der Waals surface area contributed by atoms with Crippen molar-refractivity contribution in [3.63, 3.8) is 0 Å². The minimum atomic E-state index is -4.55. The Bertz CT molecular complexity index is 682. The SMILES string of the molecule is CC(=O)NC1CCC(C(F)(F)F)N(C(=O)c2cccc(C#N)c2)C1. The highest BCUT2D eigenvalue weighted by molar-refractivity contribution is 5.95. The summed E-state index contributed by atoms with van der Waals surface area (Å²) < 4.78 is 39.8. The number of alkyl halides is 3. The molecule has 0 aliphatic carbocycles. The molecule has 1 fully saturated rings. The van der Waals surface area contributed by atoms with Crippen molar-refractivity contribution in [3.05, 3.63) is 35.4 Å². The Morgan fingerprint density at radius 2 is 2.04 bits per heavy atom. The van der Waals surface area contributed by atoms with E-state index in [9.17, 15) is 22.8 Å². The van der Waals surface area contributed by atoms with Crippen LogP contribution in [-0.4, -0.2) is 41.5 Å². The van der Waals surface area contributed by atoms with Crippen LogP contribution in [0.1, 0.15) is 35.7 Å². The summed E-state index contributed by atoms with van der Waals surface area (Å²) in [5.74, 6) is -1.16. The second kappa shape index (κ2) is 6.91. The summed E-state index contributed by atoms with van der Waals surface area (Å²) in [6, 6.07) is 4.98. The van der Waals surface area contributed by atoms with Gasteiger partial charge in [-0.3, -0.25) is 9.59 Å². The number of carbonyl (C=O) groups is 2. The Morgan fingerprint density at radius 3 is 2.62 bits per heavy atom. The van der Waals surface area contributed by atoms with Crippen molar-refractivity contribution in [1.82, 2.24) is 10.2 Å². The minimum absolute atomic E-state index is 0.0202. The second-order valence-electron chi connectivity index (χ2n) is 5.68.